The fraction of sp³-hybridized carbons (Fsp3) is 0.333. The number of hydrogen-bond donors (Lipinski definition) is 0. The summed E-state index contributed by atoms with van der Waals surface area (Å²) in [5.41, 5.74) is -0.188. The number of fused-ring (bicyclic) bond motifs is 2. The number of benzene rings is 1. The topological polar surface area (TPSA) is 69.0 Å². The molecule has 7 nitrogen and oxygen atoms in total. The van der Waals surface area contributed by atoms with E-state index in [0.717, 1.165) is 15.5 Å². The van der Waals surface area contributed by atoms with Gasteiger partial charge in [-0.2, -0.15) is 23.1 Å². The molecule has 0 aliphatic carbocycles. The lowest BCUT2D eigenvalue weighted by atomic mass is 10.1. The Labute approximate surface area is 198 Å². The van der Waals surface area contributed by atoms with E-state index >= 15 is 0 Å². The Balaban J connectivity index is 1.40. The van der Waals surface area contributed by atoms with E-state index in [1.807, 2.05) is 13.0 Å². The maximum atomic E-state index is 13.9. The van der Waals surface area contributed by atoms with Gasteiger partial charge in [0, 0.05) is 30.5 Å². The van der Waals surface area contributed by atoms with E-state index in [4.69, 9.17) is 4.74 Å². The molecule has 0 radical (unpaired) electrons. The van der Waals surface area contributed by atoms with Crippen LogP contribution in [0, 0.1) is 24.4 Å². The van der Waals surface area contributed by atoms with E-state index in [2.05, 4.69) is 20.2 Å². The number of aromatic nitrogens is 5. The summed E-state index contributed by atoms with van der Waals surface area (Å²) in [4.78, 5) is 12.1. The normalized spacial score (nSPS) is 14.0. The molecule has 1 aliphatic heterocycles. The van der Waals surface area contributed by atoms with Crippen molar-refractivity contribution in [2.75, 3.05) is 18.1 Å². The molecule has 4 heterocycles. The summed E-state index contributed by atoms with van der Waals surface area (Å²) in [5.74, 6) is -3.80. The van der Waals surface area contributed by atoms with E-state index in [0.29, 0.717) is 22.1 Å². The molecular weight excluding hydrogens is 498 g/mol. The monoisotopic (exact) mass is 514 g/mol. The Morgan fingerprint density at radius 2 is 1.86 bits per heavy atom. The van der Waals surface area contributed by atoms with Crippen molar-refractivity contribution in [1.29, 1.82) is 0 Å². The van der Waals surface area contributed by atoms with Gasteiger partial charge in [0.2, 0.25) is 5.82 Å². The highest BCUT2D eigenvalue weighted by Crippen LogP contribution is 2.35. The third-order valence-corrected chi connectivity index (χ3v) is 6.40. The summed E-state index contributed by atoms with van der Waals surface area (Å²) >= 11 is 1.37. The third kappa shape index (κ3) is 4.49. The smallest absolute Gasteiger partial charge is 0.451 e. The number of anilines is 1. The van der Waals surface area contributed by atoms with Gasteiger partial charge >= 0.3 is 12.2 Å². The molecule has 1 aromatic carbocycles. The molecule has 35 heavy (non-hydrogen) atoms. The molecule has 0 unspecified atom stereocenters. The molecule has 14 heteroatoms. The molecule has 0 N–H and O–H groups in total. The maximum Gasteiger partial charge on any atom is 0.451 e. The van der Waals surface area contributed by atoms with Crippen molar-refractivity contribution in [3.63, 3.8) is 0 Å². The van der Waals surface area contributed by atoms with E-state index in [1.54, 1.807) is 4.90 Å². The van der Waals surface area contributed by atoms with Crippen LogP contribution in [0.1, 0.15) is 22.1 Å². The minimum Gasteiger partial charge on any atom is -0.463 e. The largest absolute Gasteiger partial charge is 0.463 e. The Bertz CT molecular complexity index is 1420. The van der Waals surface area contributed by atoms with Crippen molar-refractivity contribution in [3.8, 4) is 6.01 Å². The van der Waals surface area contributed by atoms with Crippen molar-refractivity contribution < 1.29 is 31.1 Å². The molecule has 5 rings (SSSR count). The van der Waals surface area contributed by atoms with Gasteiger partial charge in [0.25, 0.3) is 0 Å². The Morgan fingerprint density at radius 3 is 2.63 bits per heavy atom. The lowest BCUT2D eigenvalue weighted by molar-refractivity contribution is -0.147. The van der Waals surface area contributed by atoms with Crippen molar-refractivity contribution in [2.45, 2.75) is 32.6 Å². The molecular formula is C21H16F6N6OS. The molecule has 0 saturated heterocycles. The van der Waals surface area contributed by atoms with Crippen molar-refractivity contribution in [1.82, 2.24) is 24.7 Å². The van der Waals surface area contributed by atoms with Crippen LogP contribution in [0.4, 0.5) is 32.2 Å². The van der Waals surface area contributed by atoms with E-state index < -0.39 is 29.5 Å². The fourth-order valence-corrected chi connectivity index (χ4v) is 4.77. The summed E-state index contributed by atoms with van der Waals surface area (Å²) in [6.45, 7) is 1.98. The minimum absolute atomic E-state index is 0.00634. The zero-order valence-electron chi connectivity index (χ0n) is 18.0. The van der Waals surface area contributed by atoms with Crippen molar-refractivity contribution in [3.05, 3.63) is 57.7 Å². The number of ether oxygens (including phenoxy) is 1. The van der Waals surface area contributed by atoms with Crippen LogP contribution < -0.4 is 9.64 Å². The van der Waals surface area contributed by atoms with E-state index in [1.165, 1.54) is 11.3 Å². The zero-order valence-corrected chi connectivity index (χ0v) is 18.9. The van der Waals surface area contributed by atoms with Gasteiger partial charge in [0.1, 0.15) is 16.5 Å². The molecule has 184 valence electrons. The number of alkyl halides is 3. The maximum absolute atomic E-state index is 13.9. The molecule has 0 spiro atoms. The first-order valence-electron chi connectivity index (χ1n) is 10.4. The average molecular weight is 514 g/mol. The van der Waals surface area contributed by atoms with Crippen LogP contribution in [0.5, 0.6) is 6.01 Å². The van der Waals surface area contributed by atoms with Crippen LogP contribution >= 0.6 is 11.3 Å². The summed E-state index contributed by atoms with van der Waals surface area (Å²) in [6.07, 6.45) is -4.74. The first-order valence-corrected chi connectivity index (χ1v) is 11.2. The number of hydrogen-bond acceptors (Lipinski definition) is 7. The first kappa shape index (κ1) is 23.3. The van der Waals surface area contributed by atoms with Crippen LogP contribution in [-0.2, 0) is 25.7 Å². The molecule has 0 saturated carbocycles. The lowest BCUT2D eigenvalue weighted by Gasteiger charge is -2.29. The first-order chi connectivity index (χ1) is 16.6. The zero-order chi connectivity index (χ0) is 24.9. The lowest BCUT2D eigenvalue weighted by Crippen LogP contribution is -2.36. The molecule has 0 fully saturated rings. The standard InChI is InChI=1S/C21H16F6N6OS/c1-10-6-13-17(32-3-4-33-15(9-32)30-31-19(33)21(25,26)27)28-20(29-18(13)35-10)34-5-2-11-7-12(22)8-14(23)16(11)24/h6-8H,2-5,9H2,1H3. The number of thiophene rings is 1. The molecule has 0 atom stereocenters. The number of aryl methyl sites for hydroxylation is 1. The number of rotatable bonds is 5. The predicted octanol–water partition coefficient (Wildman–Crippen LogP) is 4.67. The van der Waals surface area contributed by atoms with Crippen molar-refractivity contribution >= 4 is 27.4 Å². The fourth-order valence-electron chi connectivity index (χ4n) is 3.91. The summed E-state index contributed by atoms with van der Waals surface area (Å²) < 4.78 is 86.9. The Kier molecular flexibility index (Phi) is 5.77. The summed E-state index contributed by atoms with van der Waals surface area (Å²) in [7, 11) is 0. The van der Waals surface area contributed by atoms with Gasteiger partial charge in [-0.1, -0.05) is 0 Å². The Morgan fingerprint density at radius 1 is 1.06 bits per heavy atom. The quantitative estimate of drug-likeness (QED) is 0.285. The van der Waals surface area contributed by atoms with Crippen LogP contribution in [0.15, 0.2) is 18.2 Å². The van der Waals surface area contributed by atoms with Crippen LogP contribution in [-0.4, -0.2) is 37.9 Å². The van der Waals surface area contributed by atoms with Gasteiger partial charge in [0.15, 0.2) is 17.5 Å². The van der Waals surface area contributed by atoms with Crippen LogP contribution in [0.25, 0.3) is 10.2 Å². The average Bonchev–Trinajstić information content (AvgIpc) is 3.38. The molecule has 4 aromatic rings. The third-order valence-electron chi connectivity index (χ3n) is 5.45. The van der Waals surface area contributed by atoms with Gasteiger partial charge in [-0.05, 0) is 24.6 Å². The van der Waals surface area contributed by atoms with Gasteiger partial charge in [-0.15, -0.1) is 21.5 Å². The highest BCUT2D eigenvalue weighted by molar-refractivity contribution is 7.18. The summed E-state index contributed by atoms with van der Waals surface area (Å²) in [6, 6.07) is 3.16. The second-order valence-corrected chi connectivity index (χ2v) is 9.11. The second-order valence-electron chi connectivity index (χ2n) is 7.88. The summed E-state index contributed by atoms with van der Waals surface area (Å²) in [5, 5.41) is 7.68. The molecule has 3 aromatic heterocycles. The van der Waals surface area contributed by atoms with Gasteiger partial charge in [-0.3, -0.25) is 0 Å². The molecule has 1 aliphatic rings. The molecule has 0 amide bonds. The Hall–Kier alpha value is -3.42. The highest BCUT2D eigenvalue weighted by atomic mass is 32.1. The van der Waals surface area contributed by atoms with Gasteiger partial charge in [-0.25, -0.2) is 13.2 Å². The number of nitrogens with zero attached hydrogens (tertiary/aromatic N) is 6. The van der Waals surface area contributed by atoms with Gasteiger partial charge < -0.3 is 14.2 Å². The predicted molar refractivity (Wildman–Crippen MR) is 114 cm³/mol. The number of halogens is 6. The SMILES string of the molecule is Cc1cc2c(N3CCn4c(nnc4C(F)(F)F)C3)nc(OCCc3cc(F)cc(F)c3F)nc2s1. The van der Waals surface area contributed by atoms with Gasteiger partial charge in [0.05, 0.1) is 18.5 Å². The van der Waals surface area contributed by atoms with E-state index in [-0.39, 0.29) is 50.1 Å². The van der Waals surface area contributed by atoms with E-state index in [9.17, 15) is 26.3 Å². The highest BCUT2D eigenvalue weighted by Gasteiger charge is 2.39. The molecule has 0 bridgehead atoms. The minimum atomic E-state index is -4.61. The van der Waals surface area contributed by atoms with Crippen LogP contribution in [0.2, 0.25) is 0 Å². The van der Waals surface area contributed by atoms with Crippen LogP contribution in [0.3, 0.4) is 0 Å². The van der Waals surface area contributed by atoms with Crippen molar-refractivity contribution in [2.24, 2.45) is 0 Å². The second kappa shape index (κ2) is 8.66.